The van der Waals surface area contributed by atoms with Crippen LogP contribution in [0.15, 0.2) is 36.5 Å². The summed E-state index contributed by atoms with van der Waals surface area (Å²) >= 11 is 0. The van der Waals surface area contributed by atoms with Crippen molar-refractivity contribution in [2.24, 2.45) is 0 Å². The quantitative estimate of drug-likeness (QED) is 0.832. The molecule has 0 radical (unpaired) electrons. The van der Waals surface area contributed by atoms with E-state index in [-0.39, 0.29) is 5.91 Å². The van der Waals surface area contributed by atoms with Crippen molar-refractivity contribution in [2.45, 2.75) is 6.92 Å². The number of para-hydroxylation sites is 1. The molecule has 1 heterocycles. The van der Waals surface area contributed by atoms with E-state index < -0.39 is 0 Å². The highest BCUT2D eigenvalue weighted by atomic mass is 16.2. The van der Waals surface area contributed by atoms with E-state index in [1.165, 1.54) is 0 Å². The Labute approximate surface area is 93.9 Å². The van der Waals surface area contributed by atoms with E-state index in [9.17, 15) is 4.79 Å². The van der Waals surface area contributed by atoms with Gasteiger partial charge in [0.2, 0.25) is 0 Å². The lowest BCUT2D eigenvalue weighted by Crippen LogP contribution is -2.27. The number of amides is 1. The molecule has 2 rings (SSSR count). The molecule has 2 aromatic rings. The molecule has 0 saturated heterocycles. The van der Waals surface area contributed by atoms with Gasteiger partial charge in [-0.25, -0.2) is 0 Å². The molecule has 4 nitrogen and oxygen atoms in total. The highest BCUT2D eigenvalue weighted by Gasteiger charge is 2.16. The summed E-state index contributed by atoms with van der Waals surface area (Å²) in [7, 11) is 1.75. The zero-order valence-corrected chi connectivity index (χ0v) is 9.27. The monoisotopic (exact) mass is 215 g/mol. The van der Waals surface area contributed by atoms with Crippen molar-refractivity contribution in [3.05, 3.63) is 47.8 Å². The number of anilines is 1. The second kappa shape index (κ2) is 4.18. The van der Waals surface area contributed by atoms with Crippen molar-refractivity contribution in [1.29, 1.82) is 0 Å². The van der Waals surface area contributed by atoms with Crippen LogP contribution in [0.4, 0.5) is 5.69 Å². The lowest BCUT2D eigenvalue weighted by atomic mass is 10.2. The highest BCUT2D eigenvalue weighted by Crippen LogP contribution is 2.15. The van der Waals surface area contributed by atoms with E-state index >= 15 is 0 Å². The van der Waals surface area contributed by atoms with Gasteiger partial charge in [-0.2, -0.15) is 5.10 Å². The molecule has 16 heavy (non-hydrogen) atoms. The number of aromatic amines is 1. The predicted molar refractivity (Wildman–Crippen MR) is 62.5 cm³/mol. The number of nitrogens with one attached hydrogen (secondary N) is 1. The number of hydrogen-bond donors (Lipinski definition) is 1. The molecule has 1 amide bonds. The largest absolute Gasteiger partial charge is 0.310 e. The summed E-state index contributed by atoms with van der Waals surface area (Å²) in [6.07, 6.45) is 1.64. The third-order valence-corrected chi connectivity index (χ3v) is 2.49. The third-order valence-electron chi connectivity index (χ3n) is 2.49. The summed E-state index contributed by atoms with van der Waals surface area (Å²) in [6.45, 7) is 1.86. The molecule has 0 aliphatic rings. The zero-order valence-electron chi connectivity index (χ0n) is 9.27. The van der Waals surface area contributed by atoms with Gasteiger partial charge in [-0.3, -0.25) is 9.89 Å². The van der Waals surface area contributed by atoms with Crippen molar-refractivity contribution in [2.75, 3.05) is 11.9 Å². The van der Waals surface area contributed by atoms with E-state index in [4.69, 9.17) is 0 Å². The Morgan fingerprint density at radius 1 is 1.31 bits per heavy atom. The lowest BCUT2D eigenvalue weighted by molar-refractivity contribution is 0.0987. The highest BCUT2D eigenvalue weighted by molar-refractivity contribution is 6.05. The Hall–Kier alpha value is -2.10. The Kier molecular flexibility index (Phi) is 2.72. The van der Waals surface area contributed by atoms with Gasteiger partial charge in [-0.1, -0.05) is 18.2 Å². The van der Waals surface area contributed by atoms with E-state index in [0.29, 0.717) is 5.69 Å². The first-order valence-electron chi connectivity index (χ1n) is 5.03. The van der Waals surface area contributed by atoms with Gasteiger partial charge in [0.25, 0.3) is 5.91 Å². The van der Waals surface area contributed by atoms with Crippen molar-refractivity contribution in [1.82, 2.24) is 10.2 Å². The van der Waals surface area contributed by atoms with Gasteiger partial charge in [0.1, 0.15) is 5.69 Å². The Bertz CT molecular complexity index is 490. The van der Waals surface area contributed by atoms with Gasteiger partial charge < -0.3 is 4.90 Å². The molecule has 1 N–H and O–H groups in total. The fourth-order valence-corrected chi connectivity index (χ4v) is 1.50. The van der Waals surface area contributed by atoms with Gasteiger partial charge in [-0.05, 0) is 24.6 Å². The van der Waals surface area contributed by atoms with E-state index in [1.807, 2.05) is 37.3 Å². The normalized spacial score (nSPS) is 10.1. The van der Waals surface area contributed by atoms with Crippen LogP contribution in [0, 0.1) is 6.92 Å². The summed E-state index contributed by atoms with van der Waals surface area (Å²) < 4.78 is 0. The fourth-order valence-electron chi connectivity index (χ4n) is 1.50. The summed E-state index contributed by atoms with van der Waals surface area (Å²) in [5.74, 6) is -0.0822. The molecular weight excluding hydrogens is 202 g/mol. The molecule has 0 atom stereocenters. The van der Waals surface area contributed by atoms with Crippen LogP contribution in [-0.4, -0.2) is 23.2 Å². The van der Waals surface area contributed by atoms with E-state index in [2.05, 4.69) is 10.2 Å². The number of aryl methyl sites for hydroxylation is 1. The van der Waals surface area contributed by atoms with Crippen LogP contribution in [0.3, 0.4) is 0 Å². The molecule has 0 spiro atoms. The molecule has 0 unspecified atom stereocenters. The first-order valence-corrected chi connectivity index (χ1v) is 5.03. The molecule has 0 saturated carbocycles. The lowest BCUT2D eigenvalue weighted by Gasteiger charge is -2.16. The Morgan fingerprint density at radius 3 is 2.56 bits per heavy atom. The minimum absolute atomic E-state index is 0.0822. The van der Waals surface area contributed by atoms with Crippen LogP contribution in [-0.2, 0) is 0 Å². The standard InChI is InChI=1S/C12H13N3O/c1-9-8-13-14-11(9)12(16)15(2)10-6-4-3-5-7-10/h3-8H,1-2H3,(H,13,14). The van der Waals surface area contributed by atoms with Crippen LogP contribution >= 0.6 is 0 Å². The van der Waals surface area contributed by atoms with Crippen LogP contribution in [0.5, 0.6) is 0 Å². The summed E-state index contributed by atoms with van der Waals surface area (Å²) in [6, 6.07) is 9.51. The average molecular weight is 215 g/mol. The van der Waals surface area contributed by atoms with E-state index in [1.54, 1.807) is 18.1 Å². The van der Waals surface area contributed by atoms with Gasteiger partial charge in [0.05, 0.1) is 6.20 Å². The number of hydrogen-bond acceptors (Lipinski definition) is 2. The number of H-pyrrole nitrogens is 1. The minimum Gasteiger partial charge on any atom is -0.310 e. The van der Waals surface area contributed by atoms with Crippen molar-refractivity contribution >= 4 is 11.6 Å². The van der Waals surface area contributed by atoms with Crippen molar-refractivity contribution in [3.8, 4) is 0 Å². The Morgan fingerprint density at radius 2 is 2.00 bits per heavy atom. The Balaban J connectivity index is 2.27. The first kappa shape index (κ1) is 10.4. The van der Waals surface area contributed by atoms with E-state index in [0.717, 1.165) is 11.3 Å². The van der Waals surface area contributed by atoms with Gasteiger partial charge in [-0.15, -0.1) is 0 Å². The molecule has 1 aromatic heterocycles. The molecule has 82 valence electrons. The maximum Gasteiger partial charge on any atom is 0.276 e. The number of nitrogens with zero attached hydrogens (tertiary/aromatic N) is 2. The SMILES string of the molecule is Cc1cn[nH]c1C(=O)N(C)c1ccccc1. The molecule has 0 aliphatic carbocycles. The second-order valence-corrected chi connectivity index (χ2v) is 3.63. The van der Waals surface area contributed by atoms with Gasteiger partial charge in [0, 0.05) is 12.7 Å². The predicted octanol–water partition coefficient (Wildman–Crippen LogP) is 1.99. The average Bonchev–Trinajstić information content (AvgIpc) is 2.75. The summed E-state index contributed by atoms with van der Waals surface area (Å²) in [5.41, 5.74) is 2.25. The molecule has 4 heteroatoms. The van der Waals surface area contributed by atoms with Crippen molar-refractivity contribution in [3.63, 3.8) is 0 Å². The maximum absolute atomic E-state index is 12.1. The number of carbonyl (C=O) groups excluding carboxylic acids is 1. The van der Waals surface area contributed by atoms with Crippen molar-refractivity contribution < 1.29 is 4.79 Å². The number of benzene rings is 1. The van der Waals surface area contributed by atoms with Gasteiger partial charge >= 0.3 is 0 Å². The van der Waals surface area contributed by atoms with Crippen LogP contribution in [0.25, 0.3) is 0 Å². The molecule has 1 aromatic carbocycles. The summed E-state index contributed by atoms with van der Waals surface area (Å²) in [4.78, 5) is 13.7. The smallest absolute Gasteiger partial charge is 0.276 e. The summed E-state index contributed by atoms with van der Waals surface area (Å²) in [5, 5.41) is 6.56. The molecule has 0 bridgehead atoms. The van der Waals surface area contributed by atoms with Crippen LogP contribution < -0.4 is 4.90 Å². The number of carbonyl (C=O) groups is 1. The number of rotatable bonds is 2. The topological polar surface area (TPSA) is 49.0 Å². The van der Waals surface area contributed by atoms with Crippen LogP contribution in [0.1, 0.15) is 16.1 Å². The van der Waals surface area contributed by atoms with Gasteiger partial charge in [0.15, 0.2) is 0 Å². The fraction of sp³-hybridized carbons (Fsp3) is 0.167. The zero-order chi connectivity index (χ0) is 11.5. The first-order chi connectivity index (χ1) is 7.70. The number of aromatic nitrogens is 2. The third kappa shape index (κ3) is 1.82. The molecular formula is C12H13N3O. The second-order valence-electron chi connectivity index (χ2n) is 3.63. The van der Waals surface area contributed by atoms with Crippen LogP contribution in [0.2, 0.25) is 0 Å². The molecule has 0 aliphatic heterocycles. The minimum atomic E-state index is -0.0822. The molecule has 0 fully saturated rings. The maximum atomic E-state index is 12.1.